The molecule has 0 saturated heterocycles. The molecule has 1 heterocycles. The summed E-state index contributed by atoms with van der Waals surface area (Å²) < 4.78 is 6.02. The fraction of sp³-hybridized carbons (Fsp3) is 0.529. The Balaban J connectivity index is 2.41. The Kier molecular flexibility index (Phi) is 4.31. The monoisotopic (exact) mass is 259 g/mol. The largest absolute Gasteiger partial charge is 0.461 e. The molecule has 0 atom stereocenters. The molecule has 104 valence electrons. The normalized spacial score (nSPS) is 12.2. The predicted molar refractivity (Wildman–Crippen MR) is 81.8 cm³/mol. The highest BCUT2D eigenvalue weighted by molar-refractivity contribution is 5.83. The highest BCUT2D eigenvalue weighted by Crippen LogP contribution is 2.37. The number of furan rings is 1. The van der Waals surface area contributed by atoms with Crippen molar-refractivity contribution in [2.45, 2.75) is 46.0 Å². The van der Waals surface area contributed by atoms with Gasteiger partial charge in [0.05, 0.1) is 0 Å². The average molecular weight is 259 g/mol. The molecule has 1 N–H and O–H groups in total. The number of fused-ring (bicyclic) bond motifs is 1. The second-order valence-electron chi connectivity index (χ2n) is 5.74. The fourth-order valence-electron chi connectivity index (χ4n) is 2.79. The van der Waals surface area contributed by atoms with Crippen LogP contribution in [0.3, 0.4) is 0 Å². The molecule has 0 bridgehead atoms. The number of para-hydroxylation sites is 1. The van der Waals surface area contributed by atoms with Gasteiger partial charge in [0.25, 0.3) is 0 Å². The highest BCUT2D eigenvalue weighted by Gasteiger charge is 2.28. The van der Waals surface area contributed by atoms with E-state index >= 15 is 0 Å². The zero-order chi connectivity index (χ0) is 13.9. The van der Waals surface area contributed by atoms with Crippen LogP contribution in [0.4, 0.5) is 0 Å². The third-order valence-electron chi connectivity index (χ3n) is 3.84. The summed E-state index contributed by atoms with van der Waals surface area (Å²) in [6, 6.07) is 8.39. The maximum absolute atomic E-state index is 6.02. The molecular weight excluding hydrogens is 234 g/mol. The average Bonchev–Trinajstić information content (AvgIpc) is 2.78. The van der Waals surface area contributed by atoms with Crippen molar-refractivity contribution in [3.05, 3.63) is 35.6 Å². The van der Waals surface area contributed by atoms with E-state index in [-0.39, 0.29) is 5.41 Å². The van der Waals surface area contributed by atoms with Gasteiger partial charge in [0.15, 0.2) is 0 Å². The van der Waals surface area contributed by atoms with E-state index in [1.807, 2.05) is 6.07 Å². The summed E-state index contributed by atoms with van der Waals surface area (Å²) in [4.78, 5) is 0. The van der Waals surface area contributed by atoms with Crippen LogP contribution in [-0.4, -0.2) is 13.1 Å². The zero-order valence-corrected chi connectivity index (χ0v) is 12.5. The highest BCUT2D eigenvalue weighted by atomic mass is 16.3. The molecule has 2 aromatic rings. The molecule has 2 nitrogen and oxygen atoms in total. The summed E-state index contributed by atoms with van der Waals surface area (Å²) in [6.07, 6.45) is 2.08. The van der Waals surface area contributed by atoms with Crippen molar-refractivity contribution < 1.29 is 4.42 Å². The Labute approximate surface area is 116 Å². The zero-order valence-electron chi connectivity index (χ0n) is 12.5. The summed E-state index contributed by atoms with van der Waals surface area (Å²) in [5.74, 6) is 1.14. The molecule has 0 amide bonds. The molecule has 2 heteroatoms. The lowest BCUT2D eigenvalue weighted by Crippen LogP contribution is -2.26. The Morgan fingerprint density at radius 3 is 2.58 bits per heavy atom. The van der Waals surface area contributed by atoms with Crippen LogP contribution >= 0.6 is 0 Å². The Hall–Kier alpha value is -1.28. The molecule has 0 saturated carbocycles. The molecule has 0 aliphatic rings. The SMILES string of the molecule is CCNCCC(C)(C)c1c(CC)oc2ccccc12. The summed E-state index contributed by atoms with van der Waals surface area (Å²) in [5, 5.41) is 4.70. The number of hydrogen-bond acceptors (Lipinski definition) is 2. The molecule has 2 rings (SSSR count). The number of benzene rings is 1. The molecule has 0 fully saturated rings. The van der Waals surface area contributed by atoms with Gasteiger partial charge in [0.1, 0.15) is 11.3 Å². The minimum absolute atomic E-state index is 0.139. The van der Waals surface area contributed by atoms with Crippen LogP contribution < -0.4 is 5.32 Å². The van der Waals surface area contributed by atoms with Crippen molar-refractivity contribution in [2.24, 2.45) is 0 Å². The van der Waals surface area contributed by atoms with Crippen LogP contribution in [0.15, 0.2) is 28.7 Å². The van der Waals surface area contributed by atoms with E-state index in [0.29, 0.717) is 0 Å². The van der Waals surface area contributed by atoms with E-state index in [0.717, 1.165) is 37.3 Å². The van der Waals surface area contributed by atoms with E-state index in [1.165, 1.54) is 10.9 Å². The Morgan fingerprint density at radius 2 is 1.89 bits per heavy atom. The number of rotatable bonds is 6. The maximum Gasteiger partial charge on any atom is 0.134 e. The van der Waals surface area contributed by atoms with E-state index in [2.05, 4.69) is 51.2 Å². The van der Waals surface area contributed by atoms with Crippen LogP contribution in [0, 0.1) is 0 Å². The van der Waals surface area contributed by atoms with Gasteiger partial charge in [-0.05, 0) is 31.0 Å². The number of nitrogens with one attached hydrogen (secondary N) is 1. The van der Waals surface area contributed by atoms with Crippen molar-refractivity contribution in [1.82, 2.24) is 5.32 Å². The van der Waals surface area contributed by atoms with Gasteiger partial charge in [-0.3, -0.25) is 0 Å². The Bertz CT molecular complexity index is 539. The summed E-state index contributed by atoms with van der Waals surface area (Å²) in [7, 11) is 0. The topological polar surface area (TPSA) is 25.2 Å². The van der Waals surface area contributed by atoms with Gasteiger partial charge >= 0.3 is 0 Å². The minimum Gasteiger partial charge on any atom is -0.461 e. The second kappa shape index (κ2) is 5.79. The molecule has 0 aliphatic carbocycles. The fourth-order valence-corrected chi connectivity index (χ4v) is 2.79. The Morgan fingerprint density at radius 1 is 1.16 bits per heavy atom. The quantitative estimate of drug-likeness (QED) is 0.784. The van der Waals surface area contributed by atoms with Crippen molar-refractivity contribution in [3.63, 3.8) is 0 Å². The standard InChI is InChI=1S/C17H25NO/c1-5-14-16(17(3,4)11-12-18-6-2)13-9-7-8-10-15(13)19-14/h7-10,18H,5-6,11-12H2,1-4H3. The molecule has 0 unspecified atom stereocenters. The van der Waals surface area contributed by atoms with Crippen molar-refractivity contribution >= 4 is 11.0 Å². The molecule has 0 radical (unpaired) electrons. The molecule has 0 spiro atoms. The third kappa shape index (κ3) is 2.84. The first-order chi connectivity index (χ1) is 9.10. The van der Waals surface area contributed by atoms with Crippen LogP contribution in [0.25, 0.3) is 11.0 Å². The smallest absolute Gasteiger partial charge is 0.134 e. The first-order valence-corrected chi connectivity index (χ1v) is 7.31. The van der Waals surface area contributed by atoms with Gasteiger partial charge < -0.3 is 9.73 Å². The second-order valence-corrected chi connectivity index (χ2v) is 5.74. The molecule has 1 aromatic carbocycles. The summed E-state index contributed by atoms with van der Waals surface area (Å²) >= 11 is 0. The molecule has 1 aromatic heterocycles. The van der Waals surface area contributed by atoms with Gasteiger partial charge in [-0.1, -0.05) is 45.9 Å². The van der Waals surface area contributed by atoms with Gasteiger partial charge in [-0.15, -0.1) is 0 Å². The lowest BCUT2D eigenvalue weighted by atomic mass is 9.79. The first kappa shape index (κ1) is 14.1. The van der Waals surface area contributed by atoms with Crippen molar-refractivity contribution in [1.29, 1.82) is 0 Å². The lowest BCUT2D eigenvalue weighted by molar-refractivity contribution is 0.444. The van der Waals surface area contributed by atoms with E-state index in [4.69, 9.17) is 4.42 Å². The number of hydrogen-bond donors (Lipinski definition) is 1. The van der Waals surface area contributed by atoms with E-state index < -0.39 is 0 Å². The third-order valence-corrected chi connectivity index (χ3v) is 3.84. The van der Waals surface area contributed by atoms with E-state index in [9.17, 15) is 0 Å². The van der Waals surface area contributed by atoms with Crippen LogP contribution in [0.2, 0.25) is 0 Å². The predicted octanol–water partition coefficient (Wildman–Crippen LogP) is 4.27. The maximum atomic E-state index is 6.02. The van der Waals surface area contributed by atoms with E-state index in [1.54, 1.807) is 0 Å². The lowest BCUT2D eigenvalue weighted by Gasteiger charge is -2.25. The first-order valence-electron chi connectivity index (χ1n) is 7.31. The van der Waals surface area contributed by atoms with Crippen LogP contribution in [0.1, 0.15) is 45.4 Å². The van der Waals surface area contributed by atoms with Gasteiger partial charge in [0.2, 0.25) is 0 Å². The minimum atomic E-state index is 0.139. The van der Waals surface area contributed by atoms with Gasteiger partial charge in [-0.25, -0.2) is 0 Å². The van der Waals surface area contributed by atoms with Crippen molar-refractivity contribution in [3.8, 4) is 0 Å². The summed E-state index contributed by atoms with van der Waals surface area (Å²) in [5.41, 5.74) is 2.55. The van der Waals surface area contributed by atoms with Crippen molar-refractivity contribution in [2.75, 3.05) is 13.1 Å². The molecule has 0 aliphatic heterocycles. The molecule has 19 heavy (non-hydrogen) atoms. The molecular formula is C17H25NO. The van der Waals surface area contributed by atoms with Gasteiger partial charge in [0, 0.05) is 17.4 Å². The van der Waals surface area contributed by atoms with Crippen LogP contribution in [0.5, 0.6) is 0 Å². The summed E-state index contributed by atoms with van der Waals surface area (Å²) in [6.45, 7) is 11.0. The van der Waals surface area contributed by atoms with Gasteiger partial charge in [-0.2, -0.15) is 0 Å². The van der Waals surface area contributed by atoms with Crippen LogP contribution in [-0.2, 0) is 11.8 Å². The number of aryl methyl sites for hydroxylation is 1.